The molecule has 1 aliphatic carbocycles. The Bertz CT molecular complexity index is 1290. The van der Waals surface area contributed by atoms with Crippen LogP contribution >= 0.6 is 0 Å². The van der Waals surface area contributed by atoms with Crippen molar-refractivity contribution in [1.82, 2.24) is 24.4 Å². The lowest BCUT2D eigenvalue weighted by Gasteiger charge is -2.23. The Morgan fingerprint density at radius 3 is 2.47 bits per heavy atom. The Morgan fingerprint density at radius 1 is 1.00 bits per heavy atom. The Kier molecular flexibility index (Phi) is 5.34. The molecule has 2 heterocycles. The van der Waals surface area contributed by atoms with Crippen LogP contribution in [0.4, 0.5) is 0 Å². The Morgan fingerprint density at radius 2 is 1.72 bits per heavy atom. The summed E-state index contributed by atoms with van der Waals surface area (Å²) in [6.45, 7) is 0.168. The van der Waals surface area contributed by atoms with Gasteiger partial charge in [0.1, 0.15) is 17.6 Å². The average Bonchev–Trinajstić information content (AvgIpc) is 3.41. The van der Waals surface area contributed by atoms with Crippen LogP contribution in [0.3, 0.4) is 0 Å². The number of hydrogen-bond acceptors (Lipinski definition) is 4. The number of fused-ring (bicyclic) bond motifs is 2. The lowest BCUT2D eigenvalue weighted by Crippen LogP contribution is -2.29. The van der Waals surface area contributed by atoms with E-state index in [0.717, 1.165) is 29.4 Å². The van der Waals surface area contributed by atoms with Gasteiger partial charge in [-0.2, -0.15) is 0 Å². The van der Waals surface area contributed by atoms with E-state index in [1.54, 1.807) is 6.33 Å². The first-order chi connectivity index (χ1) is 15.6. The fourth-order valence-corrected chi connectivity index (χ4v) is 4.70. The number of benzene rings is 2. The van der Waals surface area contributed by atoms with E-state index in [-0.39, 0.29) is 0 Å². The van der Waals surface area contributed by atoms with Crippen molar-refractivity contribution >= 4 is 33.9 Å². The molecular weight excluding hydrogens is 406 g/mol. The van der Waals surface area contributed by atoms with Crippen LogP contribution in [0.15, 0.2) is 49.1 Å². The van der Waals surface area contributed by atoms with Crippen LogP contribution in [0.1, 0.15) is 54.1 Å². The van der Waals surface area contributed by atoms with E-state index in [2.05, 4.69) is 38.1 Å². The van der Waals surface area contributed by atoms with Crippen molar-refractivity contribution in [2.24, 2.45) is 0 Å². The summed E-state index contributed by atoms with van der Waals surface area (Å²) in [4.78, 5) is 33.2. The molecule has 8 nitrogen and oxygen atoms in total. The molecule has 0 radical (unpaired) electrons. The standard InChI is InChI=1S/C24H25N5O3/c30-20(31)12-25-24(32)21-22-18(28(14-26-22)13-16-7-3-1-4-8-16)11-19-23(21)27-15-29(19)17-9-5-2-6-10-17/h1,3-4,7-8,11,14-15,17H,2,5-6,9-10,12-13H2,(H,25,32)(H,30,31). The van der Waals surface area contributed by atoms with Gasteiger partial charge in [0.2, 0.25) is 0 Å². The zero-order valence-corrected chi connectivity index (χ0v) is 17.7. The quantitative estimate of drug-likeness (QED) is 0.484. The van der Waals surface area contributed by atoms with E-state index in [0.29, 0.717) is 29.2 Å². The summed E-state index contributed by atoms with van der Waals surface area (Å²) in [5, 5.41) is 11.5. The molecule has 0 saturated heterocycles. The molecule has 5 rings (SSSR count). The van der Waals surface area contributed by atoms with Crippen molar-refractivity contribution in [2.75, 3.05) is 6.54 Å². The number of amides is 1. The normalized spacial score (nSPS) is 14.8. The highest BCUT2D eigenvalue weighted by Crippen LogP contribution is 2.34. The molecule has 2 aromatic carbocycles. The van der Waals surface area contributed by atoms with Crippen LogP contribution in [0.5, 0.6) is 0 Å². The topological polar surface area (TPSA) is 102 Å². The summed E-state index contributed by atoms with van der Waals surface area (Å²) >= 11 is 0. The summed E-state index contributed by atoms with van der Waals surface area (Å²) < 4.78 is 4.21. The highest BCUT2D eigenvalue weighted by molar-refractivity contribution is 6.15. The molecule has 0 atom stereocenters. The predicted octanol–water partition coefficient (Wildman–Crippen LogP) is 3.75. The van der Waals surface area contributed by atoms with Crippen molar-refractivity contribution in [3.05, 3.63) is 60.2 Å². The molecule has 2 N–H and O–H groups in total. The lowest BCUT2D eigenvalue weighted by atomic mass is 9.95. The lowest BCUT2D eigenvalue weighted by molar-refractivity contribution is -0.135. The molecular formula is C24H25N5O3. The zero-order chi connectivity index (χ0) is 22.1. The van der Waals surface area contributed by atoms with Crippen LogP contribution in [-0.2, 0) is 11.3 Å². The van der Waals surface area contributed by atoms with Gasteiger partial charge in [0, 0.05) is 12.6 Å². The summed E-state index contributed by atoms with van der Waals surface area (Å²) in [6, 6.07) is 12.5. The van der Waals surface area contributed by atoms with Crippen LogP contribution in [0.2, 0.25) is 0 Å². The van der Waals surface area contributed by atoms with Gasteiger partial charge in [-0.25, -0.2) is 9.97 Å². The highest BCUT2D eigenvalue weighted by Gasteiger charge is 2.24. The molecule has 1 amide bonds. The summed E-state index contributed by atoms with van der Waals surface area (Å²) in [7, 11) is 0. The van der Waals surface area contributed by atoms with E-state index >= 15 is 0 Å². The number of carbonyl (C=O) groups excluding carboxylic acids is 1. The number of aromatic nitrogens is 4. The SMILES string of the molecule is O=C(O)CNC(=O)c1c2ncn(Cc3ccccc3)c2cc2c1ncn2C1CCCCC1. The van der Waals surface area contributed by atoms with Crippen LogP contribution in [-0.4, -0.2) is 42.6 Å². The average molecular weight is 431 g/mol. The maximum Gasteiger partial charge on any atom is 0.322 e. The molecule has 1 saturated carbocycles. The first kappa shape index (κ1) is 20.2. The first-order valence-corrected chi connectivity index (χ1v) is 11.0. The fraction of sp³-hybridized carbons (Fsp3) is 0.333. The minimum atomic E-state index is -1.09. The molecule has 2 aromatic heterocycles. The second-order valence-electron chi connectivity index (χ2n) is 8.37. The van der Waals surface area contributed by atoms with Crippen molar-refractivity contribution in [1.29, 1.82) is 0 Å². The minimum absolute atomic E-state index is 0.333. The van der Waals surface area contributed by atoms with Gasteiger partial charge in [-0.05, 0) is 24.5 Å². The molecule has 164 valence electrons. The third kappa shape index (κ3) is 3.72. The fourth-order valence-electron chi connectivity index (χ4n) is 4.70. The molecule has 8 heteroatoms. The number of carboxylic acids is 1. The second kappa shape index (κ2) is 8.45. The minimum Gasteiger partial charge on any atom is -0.480 e. The summed E-state index contributed by atoms with van der Waals surface area (Å²) in [5.74, 6) is -1.56. The van der Waals surface area contributed by atoms with Gasteiger partial charge in [-0.15, -0.1) is 0 Å². The van der Waals surface area contributed by atoms with E-state index in [1.165, 1.54) is 19.3 Å². The smallest absolute Gasteiger partial charge is 0.322 e. The first-order valence-electron chi connectivity index (χ1n) is 11.0. The van der Waals surface area contributed by atoms with E-state index < -0.39 is 18.4 Å². The van der Waals surface area contributed by atoms with Crippen LogP contribution in [0.25, 0.3) is 22.1 Å². The van der Waals surface area contributed by atoms with Gasteiger partial charge in [-0.3, -0.25) is 9.59 Å². The van der Waals surface area contributed by atoms with Crippen molar-refractivity contribution in [3.8, 4) is 0 Å². The number of rotatable bonds is 6. The molecule has 1 fully saturated rings. The molecule has 0 unspecified atom stereocenters. The Hall–Kier alpha value is -3.68. The largest absolute Gasteiger partial charge is 0.480 e. The second-order valence-corrected chi connectivity index (χ2v) is 8.37. The number of hydrogen-bond donors (Lipinski definition) is 2. The highest BCUT2D eigenvalue weighted by atomic mass is 16.4. The van der Waals surface area contributed by atoms with E-state index in [4.69, 9.17) is 5.11 Å². The molecule has 0 bridgehead atoms. The molecule has 32 heavy (non-hydrogen) atoms. The number of nitrogens with zero attached hydrogens (tertiary/aromatic N) is 4. The Balaban J connectivity index is 1.66. The van der Waals surface area contributed by atoms with Gasteiger partial charge < -0.3 is 19.6 Å². The van der Waals surface area contributed by atoms with Crippen LogP contribution in [0, 0.1) is 0 Å². The van der Waals surface area contributed by atoms with Gasteiger partial charge in [0.05, 0.1) is 29.3 Å². The summed E-state index contributed by atoms with van der Waals surface area (Å²) in [5.41, 5.74) is 4.28. The predicted molar refractivity (Wildman–Crippen MR) is 121 cm³/mol. The van der Waals surface area contributed by atoms with Gasteiger partial charge in [0.15, 0.2) is 0 Å². The van der Waals surface area contributed by atoms with Gasteiger partial charge in [0.25, 0.3) is 5.91 Å². The number of imidazole rings is 2. The summed E-state index contributed by atoms with van der Waals surface area (Å²) in [6.07, 6.45) is 9.35. The van der Waals surface area contributed by atoms with E-state index in [1.807, 2.05) is 29.1 Å². The maximum absolute atomic E-state index is 13.1. The molecule has 1 aliphatic rings. The van der Waals surface area contributed by atoms with Crippen molar-refractivity contribution in [2.45, 2.75) is 44.7 Å². The Labute approximate surface area is 184 Å². The monoisotopic (exact) mass is 431 g/mol. The zero-order valence-electron chi connectivity index (χ0n) is 17.7. The maximum atomic E-state index is 13.1. The number of aliphatic carboxylic acids is 1. The number of nitrogens with one attached hydrogen (secondary N) is 1. The third-order valence-electron chi connectivity index (χ3n) is 6.25. The van der Waals surface area contributed by atoms with Crippen molar-refractivity contribution < 1.29 is 14.7 Å². The van der Waals surface area contributed by atoms with Gasteiger partial charge >= 0.3 is 5.97 Å². The third-order valence-corrected chi connectivity index (χ3v) is 6.25. The molecule has 4 aromatic rings. The molecule has 0 spiro atoms. The number of carboxylic acid groups (broad SMARTS) is 1. The van der Waals surface area contributed by atoms with E-state index in [9.17, 15) is 9.59 Å². The molecule has 0 aliphatic heterocycles. The number of carbonyl (C=O) groups is 2. The van der Waals surface area contributed by atoms with Gasteiger partial charge in [-0.1, -0.05) is 49.6 Å². The van der Waals surface area contributed by atoms with Crippen molar-refractivity contribution in [3.63, 3.8) is 0 Å². The van der Waals surface area contributed by atoms with Crippen LogP contribution < -0.4 is 5.32 Å².